The monoisotopic (exact) mass is 608 g/mol. The van der Waals surface area contributed by atoms with E-state index in [-0.39, 0.29) is 19.3 Å². The molecule has 0 radical (unpaired) electrons. The Hall–Kier alpha value is -0.180. The molecular formula is C32H67NO7P+. The number of rotatable bonds is 33. The van der Waals surface area contributed by atoms with Crippen LogP contribution in [0.4, 0.5) is 0 Å². The largest absolute Gasteiger partial charge is 0.405 e. The van der Waals surface area contributed by atoms with Crippen molar-refractivity contribution >= 4 is 7.75 Å². The average molecular weight is 609 g/mol. The van der Waals surface area contributed by atoms with E-state index in [4.69, 9.17) is 23.6 Å². The van der Waals surface area contributed by atoms with Crippen LogP contribution in [-0.4, -0.2) is 69.1 Å². The molecule has 0 bridgehead atoms. The maximum absolute atomic E-state index is 13.0. The Balaban J connectivity index is 4.20. The molecule has 0 saturated heterocycles. The van der Waals surface area contributed by atoms with E-state index in [1.807, 2.05) is 0 Å². The lowest BCUT2D eigenvalue weighted by Gasteiger charge is -2.22. The summed E-state index contributed by atoms with van der Waals surface area (Å²) in [7, 11) is -1.83. The lowest BCUT2D eigenvalue weighted by Crippen LogP contribution is -2.27. The molecule has 8 nitrogen and oxygen atoms in total. The van der Waals surface area contributed by atoms with E-state index in [9.17, 15) is 9.67 Å². The van der Waals surface area contributed by atoms with Crippen molar-refractivity contribution < 1.29 is 33.3 Å². The van der Waals surface area contributed by atoms with Gasteiger partial charge in [0.15, 0.2) is 0 Å². The van der Waals surface area contributed by atoms with Gasteiger partial charge in [-0.2, -0.15) is 0 Å². The van der Waals surface area contributed by atoms with Gasteiger partial charge < -0.3 is 19.7 Å². The Bertz CT molecular complexity index is 582. The van der Waals surface area contributed by atoms with Crippen LogP contribution in [0, 0.1) is 5.92 Å². The number of aliphatic hydroxyl groups excluding tert-OH is 2. The third-order valence-corrected chi connectivity index (χ3v) is 8.79. The third kappa shape index (κ3) is 28.4. The summed E-state index contributed by atoms with van der Waals surface area (Å²) in [6.07, 6.45) is 21.0. The molecule has 3 atom stereocenters. The van der Waals surface area contributed by atoms with Gasteiger partial charge in [0.1, 0.15) is 6.10 Å². The van der Waals surface area contributed by atoms with Gasteiger partial charge in [0, 0.05) is 13.2 Å². The average Bonchev–Trinajstić information content (AvgIpc) is 2.96. The molecule has 0 rings (SSSR count). The Morgan fingerprint density at radius 3 is 1.85 bits per heavy atom. The number of hydrogen-bond acceptors (Lipinski definition) is 7. The smallest absolute Gasteiger partial charge is 0.394 e. The number of nitrogens with one attached hydrogen (secondary N) is 1. The summed E-state index contributed by atoms with van der Waals surface area (Å²) < 4.78 is 36.2. The van der Waals surface area contributed by atoms with Gasteiger partial charge in [0.2, 0.25) is 0 Å². The van der Waals surface area contributed by atoms with E-state index in [1.165, 1.54) is 83.0 Å². The van der Waals surface area contributed by atoms with Gasteiger partial charge in [-0.1, -0.05) is 84.0 Å². The first-order chi connectivity index (χ1) is 19.9. The van der Waals surface area contributed by atoms with E-state index >= 15 is 0 Å². The van der Waals surface area contributed by atoms with Crippen LogP contribution in [0.2, 0.25) is 0 Å². The van der Waals surface area contributed by atoms with Crippen molar-refractivity contribution in [2.24, 2.45) is 0 Å². The molecule has 0 amide bonds. The zero-order chi connectivity index (χ0) is 30.4. The summed E-state index contributed by atoms with van der Waals surface area (Å²) >= 11 is 0. The highest BCUT2D eigenvalue weighted by Gasteiger charge is 2.25. The van der Waals surface area contributed by atoms with E-state index in [2.05, 4.69) is 25.9 Å². The van der Waals surface area contributed by atoms with Gasteiger partial charge in [0.25, 0.3) is 0 Å². The van der Waals surface area contributed by atoms with Crippen LogP contribution in [0.25, 0.3) is 0 Å². The van der Waals surface area contributed by atoms with Gasteiger partial charge in [-0.05, 0) is 45.6 Å². The molecule has 0 aliphatic rings. The molecule has 0 aromatic rings. The lowest BCUT2D eigenvalue weighted by atomic mass is 10.0. The molecule has 41 heavy (non-hydrogen) atoms. The second kappa shape index (κ2) is 29.9. The van der Waals surface area contributed by atoms with Gasteiger partial charge in [0.05, 0.1) is 58.7 Å². The fourth-order valence-corrected chi connectivity index (χ4v) is 5.58. The number of hydrogen-bond donors (Lipinski definition) is 3. The molecular weight excluding hydrogens is 541 g/mol. The van der Waals surface area contributed by atoms with Crippen LogP contribution in [0.5, 0.6) is 0 Å². The fourth-order valence-electron chi connectivity index (χ4n) is 4.52. The molecule has 0 fully saturated rings. The molecule has 0 saturated carbocycles. The van der Waals surface area contributed by atoms with E-state index < -0.39 is 13.9 Å². The molecule has 0 heterocycles. The second-order valence-corrected chi connectivity index (χ2v) is 13.6. The minimum Gasteiger partial charge on any atom is -0.394 e. The molecule has 9 heteroatoms. The minimum atomic E-state index is -3.41. The molecule has 0 aliphatic carbocycles. The van der Waals surface area contributed by atoms with Crippen molar-refractivity contribution in [2.45, 2.75) is 155 Å². The standard InChI is InChI=1S/C32H67NO7P/c1-5-6-7-8-9-10-11-12-13-14-15-16-19-24-37-28-32(38-25-20-18-23-31(35)27-34)29-40-41(36,33-4)39-26-21-17-22-30(2)3/h31-32,34-35H,5-29H2,1-4H3,(H,33,36)/q+1. The number of ether oxygens (including phenoxy) is 2. The van der Waals surface area contributed by atoms with Crippen LogP contribution < -0.4 is 5.09 Å². The summed E-state index contributed by atoms with van der Waals surface area (Å²) in [5, 5.41) is 21.2. The highest BCUT2D eigenvalue weighted by molar-refractivity contribution is 7.51. The zero-order valence-corrected chi connectivity index (χ0v) is 28.1. The predicted octanol–water partition coefficient (Wildman–Crippen LogP) is 8.15. The van der Waals surface area contributed by atoms with Crippen molar-refractivity contribution in [1.29, 1.82) is 0 Å². The molecule has 0 spiro atoms. The van der Waals surface area contributed by atoms with Crippen molar-refractivity contribution in [1.82, 2.24) is 5.09 Å². The zero-order valence-electron chi connectivity index (χ0n) is 27.2. The summed E-state index contributed by atoms with van der Waals surface area (Å²) in [6, 6.07) is 0. The van der Waals surface area contributed by atoms with Crippen LogP contribution in [0.1, 0.15) is 143 Å². The van der Waals surface area contributed by atoms with Crippen LogP contribution in [0.3, 0.4) is 0 Å². The van der Waals surface area contributed by atoms with Gasteiger partial charge in [-0.3, -0.25) is 9.05 Å². The normalized spacial score (nSPS) is 14.7. The molecule has 0 aromatic carbocycles. The topological polar surface area (TPSA) is 106 Å². The fraction of sp³-hybridized carbons (Fsp3) is 0.969. The summed E-state index contributed by atoms with van der Waals surface area (Å²) in [5.41, 5.74) is 0. The maximum atomic E-state index is 13.0. The van der Waals surface area contributed by atoms with E-state index in [1.54, 1.807) is 7.05 Å². The van der Waals surface area contributed by atoms with E-state index in [0.29, 0.717) is 32.8 Å². The Morgan fingerprint density at radius 2 is 1.29 bits per heavy atom. The number of unbranched alkanes of at least 4 members (excludes halogenated alkanes) is 14. The van der Waals surface area contributed by atoms with Crippen LogP contribution in [-0.2, 0) is 23.1 Å². The maximum Gasteiger partial charge on any atom is 0.405 e. The summed E-state index contributed by atoms with van der Waals surface area (Å²) in [5.74, 6) is 1.38. The highest BCUT2D eigenvalue weighted by Crippen LogP contribution is 2.43. The van der Waals surface area contributed by atoms with Crippen molar-refractivity contribution in [3.05, 3.63) is 5.92 Å². The number of aliphatic hydroxyl groups is 2. The van der Waals surface area contributed by atoms with Crippen LogP contribution >= 0.6 is 7.75 Å². The van der Waals surface area contributed by atoms with Crippen molar-refractivity contribution in [2.75, 3.05) is 46.7 Å². The summed E-state index contributed by atoms with van der Waals surface area (Å²) in [6.45, 7) is 8.27. The molecule has 0 aliphatic heterocycles. The predicted molar refractivity (Wildman–Crippen MR) is 170 cm³/mol. The lowest BCUT2D eigenvalue weighted by molar-refractivity contribution is -0.0422. The van der Waals surface area contributed by atoms with Gasteiger partial charge in [-0.25, -0.2) is 9.65 Å². The van der Waals surface area contributed by atoms with Crippen molar-refractivity contribution in [3.63, 3.8) is 0 Å². The van der Waals surface area contributed by atoms with Gasteiger partial charge >= 0.3 is 7.75 Å². The highest BCUT2D eigenvalue weighted by atomic mass is 31.2. The SMILES string of the molecule is CCCCCCCCCCCCCCCOCC(COP(=O)(NC)OCCCC[C+](C)C)OCCCCC(O)CO. The minimum absolute atomic E-state index is 0.109. The Labute approximate surface area is 253 Å². The van der Waals surface area contributed by atoms with Crippen LogP contribution in [0.15, 0.2) is 0 Å². The molecule has 3 unspecified atom stereocenters. The first-order valence-electron chi connectivity index (χ1n) is 16.7. The van der Waals surface area contributed by atoms with Gasteiger partial charge in [-0.15, -0.1) is 0 Å². The quantitative estimate of drug-likeness (QED) is 0.0389. The summed E-state index contributed by atoms with van der Waals surface area (Å²) in [4.78, 5) is 0. The molecule has 0 aromatic heterocycles. The van der Waals surface area contributed by atoms with Crippen molar-refractivity contribution in [3.8, 4) is 0 Å². The first kappa shape index (κ1) is 40.8. The second-order valence-electron chi connectivity index (χ2n) is 11.7. The third-order valence-electron chi connectivity index (χ3n) is 7.23. The Morgan fingerprint density at radius 1 is 0.732 bits per heavy atom. The molecule has 3 N–H and O–H groups in total. The van der Waals surface area contributed by atoms with E-state index in [0.717, 1.165) is 38.5 Å². The molecule has 246 valence electrons. The Kier molecular flexibility index (Phi) is 29.7. The first-order valence-corrected chi connectivity index (χ1v) is 18.3.